The maximum absolute atomic E-state index is 10.8. The Bertz CT molecular complexity index is 462. The van der Waals surface area contributed by atoms with Crippen molar-refractivity contribution in [3.63, 3.8) is 0 Å². The summed E-state index contributed by atoms with van der Waals surface area (Å²) < 4.78 is 0. The summed E-state index contributed by atoms with van der Waals surface area (Å²) >= 11 is 0. The summed E-state index contributed by atoms with van der Waals surface area (Å²) in [6, 6.07) is 7.35. The van der Waals surface area contributed by atoms with Gasteiger partial charge in [0.2, 0.25) is 0 Å². The first-order valence-corrected chi connectivity index (χ1v) is 6.93. The summed E-state index contributed by atoms with van der Waals surface area (Å²) in [6.07, 6.45) is 8.46. The molecular weight excluding hydrogens is 238 g/mol. The fraction of sp³-hybridized carbons (Fsp3) is 0.438. The fourth-order valence-electron chi connectivity index (χ4n) is 2.47. The fourth-order valence-corrected chi connectivity index (χ4v) is 2.47. The van der Waals surface area contributed by atoms with E-state index < -0.39 is 5.97 Å². The lowest BCUT2D eigenvalue weighted by atomic mass is 9.96. The molecule has 19 heavy (non-hydrogen) atoms. The SMILES string of the molecule is CC1=CCCCCCC1Nc1ccc(C(=O)O)cc1. The largest absolute Gasteiger partial charge is 0.478 e. The molecule has 0 heterocycles. The van der Waals surface area contributed by atoms with Crippen molar-refractivity contribution in [2.24, 2.45) is 0 Å². The first-order chi connectivity index (χ1) is 9.16. The molecule has 0 radical (unpaired) electrons. The van der Waals surface area contributed by atoms with E-state index in [1.807, 2.05) is 12.1 Å². The number of benzene rings is 1. The quantitative estimate of drug-likeness (QED) is 0.804. The van der Waals surface area contributed by atoms with E-state index in [1.54, 1.807) is 12.1 Å². The van der Waals surface area contributed by atoms with E-state index in [1.165, 1.54) is 31.3 Å². The predicted octanol–water partition coefficient (Wildman–Crippen LogP) is 4.08. The van der Waals surface area contributed by atoms with Crippen LogP contribution in [0.5, 0.6) is 0 Å². The van der Waals surface area contributed by atoms with Gasteiger partial charge >= 0.3 is 5.97 Å². The van der Waals surface area contributed by atoms with Crippen LogP contribution in [0.15, 0.2) is 35.9 Å². The third-order valence-electron chi connectivity index (χ3n) is 3.69. The zero-order chi connectivity index (χ0) is 13.7. The monoisotopic (exact) mass is 259 g/mol. The van der Waals surface area contributed by atoms with Crippen LogP contribution in [0, 0.1) is 0 Å². The lowest BCUT2D eigenvalue weighted by Crippen LogP contribution is -2.21. The zero-order valence-electron chi connectivity index (χ0n) is 11.4. The van der Waals surface area contributed by atoms with Gasteiger partial charge in [-0.2, -0.15) is 0 Å². The molecule has 0 saturated heterocycles. The molecule has 1 aromatic carbocycles. The Morgan fingerprint density at radius 1 is 1.21 bits per heavy atom. The van der Waals surface area contributed by atoms with Crippen LogP contribution >= 0.6 is 0 Å². The minimum absolute atomic E-state index is 0.329. The van der Waals surface area contributed by atoms with Gasteiger partial charge in [-0.05, 0) is 50.5 Å². The van der Waals surface area contributed by atoms with E-state index >= 15 is 0 Å². The maximum atomic E-state index is 10.8. The van der Waals surface area contributed by atoms with Crippen molar-refractivity contribution in [2.45, 2.75) is 45.1 Å². The van der Waals surface area contributed by atoms with Gasteiger partial charge in [-0.1, -0.05) is 24.5 Å². The number of carboxylic acid groups (broad SMARTS) is 1. The third-order valence-corrected chi connectivity index (χ3v) is 3.69. The third kappa shape index (κ3) is 3.85. The van der Waals surface area contributed by atoms with Crippen LogP contribution in [-0.2, 0) is 0 Å². The number of rotatable bonds is 3. The van der Waals surface area contributed by atoms with Crippen LogP contribution in [0.4, 0.5) is 5.69 Å². The lowest BCUT2D eigenvalue weighted by Gasteiger charge is -2.23. The van der Waals surface area contributed by atoms with Crippen LogP contribution in [0.1, 0.15) is 49.4 Å². The highest BCUT2D eigenvalue weighted by Gasteiger charge is 2.12. The first-order valence-electron chi connectivity index (χ1n) is 6.93. The van der Waals surface area contributed by atoms with E-state index in [2.05, 4.69) is 18.3 Å². The molecule has 0 bridgehead atoms. The molecule has 0 fully saturated rings. The zero-order valence-corrected chi connectivity index (χ0v) is 11.4. The van der Waals surface area contributed by atoms with Crippen LogP contribution < -0.4 is 5.32 Å². The number of carbonyl (C=O) groups is 1. The van der Waals surface area contributed by atoms with E-state index in [4.69, 9.17) is 5.11 Å². The van der Waals surface area contributed by atoms with Gasteiger partial charge in [0.1, 0.15) is 0 Å². The van der Waals surface area contributed by atoms with Gasteiger partial charge in [-0.3, -0.25) is 0 Å². The van der Waals surface area contributed by atoms with Gasteiger partial charge in [0.25, 0.3) is 0 Å². The maximum Gasteiger partial charge on any atom is 0.335 e. The van der Waals surface area contributed by atoms with Gasteiger partial charge in [0.05, 0.1) is 5.56 Å². The molecule has 1 aliphatic rings. The molecule has 1 atom stereocenters. The molecule has 1 unspecified atom stereocenters. The minimum Gasteiger partial charge on any atom is -0.478 e. The van der Waals surface area contributed by atoms with E-state index in [0.29, 0.717) is 11.6 Å². The van der Waals surface area contributed by atoms with Crippen LogP contribution in [-0.4, -0.2) is 17.1 Å². The van der Waals surface area contributed by atoms with Gasteiger partial charge < -0.3 is 10.4 Å². The molecular formula is C16H21NO2. The smallest absolute Gasteiger partial charge is 0.335 e. The highest BCUT2D eigenvalue weighted by Crippen LogP contribution is 2.21. The summed E-state index contributed by atoms with van der Waals surface area (Å²) in [5.41, 5.74) is 2.71. The molecule has 0 saturated carbocycles. The molecule has 102 valence electrons. The Labute approximate surface area is 114 Å². The topological polar surface area (TPSA) is 49.3 Å². The van der Waals surface area contributed by atoms with Crippen LogP contribution in [0.25, 0.3) is 0 Å². The number of aromatic carboxylic acids is 1. The molecule has 1 aliphatic carbocycles. The van der Waals surface area contributed by atoms with Crippen LogP contribution in [0.3, 0.4) is 0 Å². The molecule has 2 rings (SSSR count). The lowest BCUT2D eigenvalue weighted by molar-refractivity contribution is 0.0697. The number of hydrogen-bond acceptors (Lipinski definition) is 2. The molecule has 0 aromatic heterocycles. The summed E-state index contributed by atoms with van der Waals surface area (Å²) in [5, 5.41) is 12.4. The highest BCUT2D eigenvalue weighted by atomic mass is 16.4. The van der Waals surface area contributed by atoms with Crippen molar-refractivity contribution in [1.29, 1.82) is 0 Å². The van der Waals surface area contributed by atoms with Gasteiger partial charge in [-0.25, -0.2) is 4.79 Å². The predicted molar refractivity (Wildman–Crippen MR) is 77.7 cm³/mol. The second kappa shape index (κ2) is 6.41. The van der Waals surface area contributed by atoms with Crippen LogP contribution in [0.2, 0.25) is 0 Å². The average molecular weight is 259 g/mol. The van der Waals surface area contributed by atoms with Crippen molar-refractivity contribution in [3.05, 3.63) is 41.5 Å². The molecule has 3 nitrogen and oxygen atoms in total. The molecule has 0 aliphatic heterocycles. The van der Waals surface area contributed by atoms with Gasteiger partial charge in [-0.15, -0.1) is 0 Å². The summed E-state index contributed by atoms with van der Waals surface area (Å²) in [4.78, 5) is 10.8. The van der Waals surface area contributed by atoms with Crippen molar-refractivity contribution in [3.8, 4) is 0 Å². The number of carboxylic acids is 1. The molecule has 2 N–H and O–H groups in total. The Balaban J connectivity index is 2.06. The van der Waals surface area contributed by atoms with E-state index in [9.17, 15) is 4.79 Å². The van der Waals surface area contributed by atoms with Crippen molar-refractivity contribution >= 4 is 11.7 Å². The normalized spacial score (nSPS) is 20.1. The second-order valence-electron chi connectivity index (χ2n) is 5.17. The second-order valence-corrected chi connectivity index (χ2v) is 5.17. The summed E-state index contributed by atoms with van der Waals surface area (Å²) in [5.74, 6) is -0.881. The average Bonchev–Trinajstić information content (AvgIpc) is 2.39. The minimum atomic E-state index is -0.881. The molecule has 3 heteroatoms. The number of allylic oxidation sites excluding steroid dienone is 1. The number of hydrogen-bond donors (Lipinski definition) is 2. The Kier molecular flexibility index (Phi) is 4.61. The Hall–Kier alpha value is -1.77. The Morgan fingerprint density at radius 2 is 1.95 bits per heavy atom. The van der Waals surface area contributed by atoms with Crippen molar-refractivity contribution in [2.75, 3.05) is 5.32 Å². The Morgan fingerprint density at radius 3 is 2.63 bits per heavy atom. The molecule has 1 aromatic rings. The first kappa shape index (κ1) is 13.7. The van der Waals surface area contributed by atoms with Crippen molar-refractivity contribution < 1.29 is 9.90 Å². The highest BCUT2D eigenvalue weighted by molar-refractivity contribution is 5.88. The van der Waals surface area contributed by atoms with Gasteiger partial charge in [0, 0.05) is 11.7 Å². The number of nitrogens with one attached hydrogen (secondary N) is 1. The van der Waals surface area contributed by atoms with E-state index in [-0.39, 0.29) is 0 Å². The standard InChI is InChI=1S/C16H21NO2/c1-12-6-4-2-3-5-7-15(12)17-14-10-8-13(9-11-14)16(18)19/h6,8-11,15,17H,2-5,7H2,1H3,(H,18,19). The summed E-state index contributed by atoms with van der Waals surface area (Å²) in [7, 11) is 0. The number of anilines is 1. The molecule has 0 amide bonds. The van der Waals surface area contributed by atoms with E-state index in [0.717, 1.165) is 12.1 Å². The van der Waals surface area contributed by atoms with Crippen molar-refractivity contribution in [1.82, 2.24) is 0 Å². The summed E-state index contributed by atoms with van der Waals surface area (Å²) in [6.45, 7) is 2.18. The van der Waals surface area contributed by atoms with Gasteiger partial charge in [0.15, 0.2) is 0 Å². The molecule has 0 spiro atoms.